The molecule has 0 aliphatic rings. The minimum absolute atomic E-state index is 0.393. The van der Waals surface area contributed by atoms with Crippen LogP contribution in [-0.4, -0.2) is 9.97 Å². The number of hydrogen-bond donors (Lipinski definition) is 0. The average Bonchev–Trinajstić information content (AvgIpc) is 2.31. The Morgan fingerprint density at radius 2 is 1.94 bits per heavy atom. The minimum Gasteiger partial charge on any atom is -0.439 e. The van der Waals surface area contributed by atoms with Crippen molar-refractivity contribution in [1.82, 2.24) is 9.97 Å². The van der Waals surface area contributed by atoms with Crippen molar-refractivity contribution in [3.63, 3.8) is 0 Å². The second-order valence-electron chi connectivity index (χ2n) is 3.35. The third kappa shape index (κ3) is 3.41. The molecule has 17 heavy (non-hydrogen) atoms. The van der Waals surface area contributed by atoms with E-state index in [9.17, 15) is 0 Å². The first-order valence-corrected chi connectivity index (χ1v) is 6.31. The maximum Gasteiger partial charge on any atom is 0.224 e. The average molecular weight is 314 g/mol. The molecule has 1 heterocycles. The van der Waals surface area contributed by atoms with E-state index in [-0.39, 0.29) is 0 Å². The lowest BCUT2D eigenvalue weighted by Gasteiger charge is -2.06. The van der Waals surface area contributed by atoms with Crippen molar-refractivity contribution >= 4 is 27.5 Å². The molecule has 0 aliphatic carbocycles. The normalized spacial score (nSPS) is 10.3. The molecule has 1 aromatic heterocycles. The summed E-state index contributed by atoms with van der Waals surface area (Å²) >= 11 is 9.24. The number of aromatic nitrogens is 2. The van der Waals surface area contributed by atoms with E-state index in [4.69, 9.17) is 16.3 Å². The lowest BCUT2D eigenvalue weighted by Crippen LogP contribution is -1.96. The fourth-order valence-electron chi connectivity index (χ4n) is 1.28. The summed E-state index contributed by atoms with van der Waals surface area (Å²) < 4.78 is 6.60. The van der Waals surface area contributed by atoms with Gasteiger partial charge >= 0.3 is 0 Å². The van der Waals surface area contributed by atoms with Crippen LogP contribution in [0.15, 0.2) is 34.8 Å². The molecule has 0 unspecified atom stereocenters. The van der Waals surface area contributed by atoms with Crippen molar-refractivity contribution in [2.45, 2.75) is 13.3 Å². The second kappa shape index (κ2) is 5.47. The summed E-state index contributed by atoms with van der Waals surface area (Å²) in [5.41, 5.74) is 0. The molecular weight excluding hydrogens is 304 g/mol. The summed E-state index contributed by atoms with van der Waals surface area (Å²) in [4.78, 5) is 8.32. The molecular formula is C12H10BrClN2O. The van der Waals surface area contributed by atoms with Crippen molar-refractivity contribution < 1.29 is 4.74 Å². The number of hydrogen-bond acceptors (Lipinski definition) is 3. The van der Waals surface area contributed by atoms with Gasteiger partial charge in [0.05, 0.1) is 0 Å². The molecule has 0 radical (unpaired) electrons. The Morgan fingerprint density at radius 3 is 2.59 bits per heavy atom. The molecule has 0 aliphatic heterocycles. The van der Waals surface area contributed by atoms with Crippen LogP contribution in [0.3, 0.4) is 0 Å². The molecule has 88 valence electrons. The number of halogens is 2. The van der Waals surface area contributed by atoms with Crippen LogP contribution < -0.4 is 4.74 Å². The van der Waals surface area contributed by atoms with Crippen LogP contribution in [0.25, 0.3) is 0 Å². The van der Waals surface area contributed by atoms with E-state index < -0.39 is 0 Å². The Kier molecular flexibility index (Phi) is 3.97. The van der Waals surface area contributed by atoms with Gasteiger partial charge in [-0.3, -0.25) is 0 Å². The van der Waals surface area contributed by atoms with Crippen LogP contribution in [0, 0.1) is 0 Å². The summed E-state index contributed by atoms with van der Waals surface area (Å²) in [5.74, 6) is 1.85. The first-order chi connectivity index (χ1) is 8.17. The first-order valence-electron chi connectivity index (χ1n) is 5.14. The monoisotopic (exact) mass is 312 g/mol. The molecule has 0 atom stereocenters. The summed E-state index contributed by atoms with van der Waals surface area (Å²) in [6, 6.07) is 9.11. The van der Waals surface area contributed by atoms with E-state index in [2.05, 4.69) is 25.9 Å². The molecule has 0 fully saturated rings. The highest BCUT2D eigenvalue weighted by molar-refractivity contribution is 9.10. The maximum absolute atomic E-state index is 5.88. The second-order valence-corrected chi connectivity index (χ2v) is 4.66. The highest BCUT2D eigenvalue weighted by Gasteiger charge is 2.04. The third-order valence-electron chi connectivity index (χ3n) is 2.07. The van der Waals surface area contributed by atoms with Crippen molar-refractivity contribution in [2.24, 2.45) is 0 Å². The van der Waals surface area contributed by atoms with E-state index in [0.717, 1.165) is 10.9 Å². The molecule has 0 spiro atoms. The van der Waals surface area contributed by atoms with E-state index in [1.165, 1.54) is 0 Å². The van der Waals surface area contributed by atoms with E-state index >= 15 is 0 Å². The molecule has 2 rings (SSSR count). The van der Waals surface area contributed by atoms with Gasteiger partial charge in [-0.15, -0.1) is 0 Å². The Labute approximate surface area is 113 Å². The highest BCUT2D eigenvalue weighted by atomic mass is 79.9. The van der Waals surface area contributed by atoms with Crippen molar-refractivity contribution in [3.8, 4) is 11.6 Å². The van der Waals surface area contributed by atoms with Gasteiger partial charge in [0.25, 0.3) is 0 Å². The standard InChI is InChI=1S/C12H10BrClN2O/c1-2-11-15-10(14)7-12(16-11)17-9-5-3-8(13)4-6-9/h3-7H,2H2,1H3. The Morgan fingerprint density at radius 1 is 1.24 bits per heavy atom. The van der Waals surface area contributed by atoms with Gasteiger partial charge in [0.15, 0.2) is 0 Å². The molecule has 2 aromatic rings. The number of aryl methyl sites for hydroxylation is 1. The van der Waals surface area contributed by atoms with Crippen LogP contribution in [0.1, 0.15) is 12.7 Å². The Bertz CT molecular complexity index is 516. The number of benzene rings is 1. The lowest BCUT2D eigenvalue weighted by molar-refractivity contribution is 0.458. The predicted octanol–water partition coefficient (Wildman–Crippen LogP) is 4.25. The van der Waals surface area contributed by atoms with Crippen LogP contribution in [0.2, 0.25) is 5.15 Å². The van der Waals surface area contributed by atoms with E-state index in [1.54, 1.807) is 6.07 Å². The third-order valence-corrected chi connectivity index (χ3v) is 2.79. The predicted molar refractivity (Wildman–Crippen MR) is 70.6 cm³/mol. The maximum atomic E-state index is 5.88. The van der Waals surface area contributed by atoms with Gasteiger partial charge in [0, 0.05) is 17.0 Å². The van der Waals surface area contributed by atoms with Crippen molar-refractivity contribution in [2.75, 3.05) is 0 Å². The minimum atomic E-state index is 0.393. The number of rotatable bonds is 3. The SMILES string of the molecule is CCc1nc(Cl)cc(Oc2ccc(Br)cc2)n1. The molecule has 0 saturated carbocycles. The molecule has 0 N–H and O–H groups in total. The first kappa shape index (κ1) is 12.3. The Balaban J connectivity index is 2.23. The van der Waals surface area contributed by atoms with Crippen LogP contribution in [0.5, 0.6) is 11.6 Å². The fourth-order valence-corrected chi connectivity index (χ4v) is 1.73. The summed E-state index contributed by atoms with van der Waals surface area (Å²) in [5, 5.41) is 0.393. The summed E-state index contributed by atoms with van der Waals surface area (Å²) in [7, 11) is 0. The molecule has 0 amide bonds. The Hall–Kier alpha value is -1.13. The van der Waals surface area contributed by atoms with Gasteiger partial charge in [-0.25, -0.2) is 4.98 Å². The molecule has 1 aromatic carbocycles. The van der Waals surface area contributed by atoms with Gasteiger partial charge in [0.2, 0.25) is 5.88 Å². The zero-order valence-corrected chi connectivity index (χ0v) is 11.5. The van der Waals surface area contributed by atoms with Gasteiger partial charge < -0.3 is 4.74 Å². The molecule has 5 heteroatoms. The fraction of sp³-hybridized carbons (Fsp3) is 0.167. The van der Waals surface area contributed by atoms with Crippen LogP contribution in [0.4, 0.5) is 0 Å². The quantitative estimate of drug-likeness (QED) is 0.795. The molecule has 3 nitrogen and oxygen atoms in total. The highest BCUT2D eigenvalue weighted by Crippen LogP contribution is 2.23. The molecule has 0 bridgehead atoms. The topological polar surface area (TPSA) is 35.0 Å². The van der Waals surface area contributed by atoms with Crippen LogP contribution >= 0.6 is 27.5 Å². The van der Waals surface area contributed by atoms with Crippen molar-refractivity contribution in [3.05, 3.63) is 45.8 Å². The van der Waals surface area contributed by atoms with Gasteiger partial charge in [-0.1, -0.05) is 34.5 Å². The van der Waals surface area contributed by atoms with Gasteiger partial charge in [-0.05, 0) is 24.3 Å². The van der Waals surface area contributed by atoms with Crippen LogP contribution in [-0.2, 0) is 6.42 Å². The lowest BCUT2D eigenvalue weighted by atomic mass is 10.3. The number of nitrogens with zero attached hydrogens (tertiary/aromatic N) is 2. The van der Waals surface area contributed by atoms with E-state index in [0.29, 0.717) is 22.6 Å². The van der Waals surface area contributed by atoms with Crippen molar-refractivity contribution in [1.29, 1.82) is 0 Å². The summed E-state index contributed by atoms with van der Waals surface area (Å²) in [6.45, 7) is 1.97. The van der Waals surface area contributed by atoms with E-state index in [1.807, 2.05) is 31.2 Å². The zero-order chi connectivity index (χ0) is 12.3. The zero-order valence-electron chi connectivity index (χ0n) is 9.15. The summed E-state index contributed by atoms with van der Waals surface area (Å²) in [6.07, 6.45) is 0.720. The number of ether oxygens (including phenoxy) is 1. The molecule has 0 saturated heterocycles. The van der Waals surface area contributed by atoms with Gasteiger partial charge in [-0.2, -0.15) is 4.98 Å². The van der Waals surface area contributed by atoms with Gasteiger partial charge in [0.1, 0.15) is 16.7 Å². The largest absolute Gasteiger partial charge is 0.439 e. The smallest absolute Gasteiger partial charge is 0.224 e.